The van der Waals surface area contributed by atoms with Crippen molar-refractivity contribution in [1.29, 1.82) is 5.41 Å². The third-order valence-electron chi connectivity index (χ3n) is 3.03. The Bertz CT molecular complexity index is 667. The van der Waals surface area contributed by atoms with E-state index in [2.05, 4.69) is 5.32 Å². The van der Waals surface area contributed by atoms with Gasteiger partial charge in [0.2, 0.25) is 0 Å². The van der Waals surface area contributed by atoms with E-state index in [-0.39, 0.29) is 30.4 Å². The van der Waals surface area contributed by atoms with Crippen LogP contribution in [0.15, 0.2) is 60.7 Å². The fourth-order valence-electron chi connectivity index (χ4n) is 1.94. The van der Waals surface area contributed by atoms with E-state index in [9.17, 15) is 13.2 Å². The first kappa shape index (κ1) is 18.8. The molecule has 0 atom stereocenters. The van der Waals surface area contributed by atoms with Crippen LogP contribution >= 0.6 is 12.4 Å². The molecule has 0 spiro atoms. The Morgan fingerprint density at radius 1 is 1.00 bits per heavy atom. The molecular weight excluding hydrogens is 325 g/mol. The molecule has 0 bridgehead atoms. The third-order valence-corrected chi connectivity index (χ3v) is 3.03. The highest BCUT2D eigenvalue weighted by Crippen LogP contribution is 2.31. The molecule has 0 saturated carbocycles. The first-order chi connectivity index (χ1) is 10.5. The Morgan fingerprint density at radius 3 is 2.26 bits per heavy atom. The monoisotopic (exact) mass is 340 g/mol. The van der Waals surface area contributed by atoms with Gasteiger partial charge in [0.05, 0.1) is 5.56 Å². The topological polar surface area (TPSA) is 35.9 Å². The van der Waals surface area contributed by atoms with Gasteiger partial charge in [-0.2, -0.15) is 13.2 Å². The highest BCUT2D eigenvalue weighted by atomic mass is 35.5. The minimum Gasteiger partial charge on any atom is -0.366 e. The fraction of sp³-hybridized carbons (Fsp3) is 0.118. The van der Waals surface area contributed by atoms with E-state index in [1.54, 1.807) is 12.1 Å². The second-order valence-corrected chi connectivity index (χ2v) is 4.67. The van der Waals surface area contributed by atoms with Crippen LogP contribution in [0.1, 0.15) is 16.7 Å². The summed E-state index contributed by atoms with van der Waals surface area (Å²) >= 11 is 0. The number of rotatable bonds is 4. The van der Waals surface area contributed by atoms with Crippen molar-refractivity contribution in [2.45, 2.75) is 12.7 Å². The van der Waals surface area contributed by atoms with E-state index in [1.165, 1.54) is 18.2 Å². The van der Waals surface area contributed by atoms with Gasteiger partial charge in [-0.05, 0) is 23.3 Å². The Morgan fingerprint density at radius 2 is 1.61 bits per heavy atom. The van der Waals surface area contributed by atoms with Gasteiger partial charge in [0, 0.05) is 6.54 Å². The predicted molar refractivity (Wildman–Crippen MR) is 88.7 cm³/mol. The minimum atomic E-state index is -4.39. The third kappa shape index (κ3) is 5.79. The summed E-state index contributed by atoms with van der Waals surface area (Å²) in [7, 11) is 0. The van der Waals surface area contributed by atoms with Crippen LogP contribution in [-0.4, -0.2) is 5.84 Å². The molecule has 0 saturated heterocycles. The number of alkyl halides is 3. The lowest BCUT2D eigenvalue weighted by molar-refractivity contribution is -0.138. The molecule has 0 aliphatic carbocycles. The number of halogens is 4. The Kier molecular flexibility index (Phi) is 6.85. The Balaban J connectivity index is 0.00000264. The highest BCUT2D eigenvalue weighted by Gasteiger charge is 2.32. The summed E-state index contributed by atoms with van der Waals surface area (Å²) < 4.78 is 38.5. The lowest BCUT2D eigenvalue weighted by atomic mass is 10.1. The van der Waals surface area contributed by atoms with Gasteiger partial charge in [-0.1, -0.05) is 54.6 Å². The Labute approximate surface area is 139 Å². The number of hydrogen-bond acceptors (Lipinski definition) is 1. The summed E-state index contributed by atoms with van der Waals surface area (Å²) in [5.41, 5.74) is 0.361. The van der Waals surface area contributed by atoms with Crippen molar-refractivity contribution in [2.75, 3.05) is 0 Å². The van der Waals surface area contributed by atoms with E-state index < -0.39 is 11.7 Å². The molecule has 0 fully saturated rings. The summed E-state index contributed by atoms with van der Waals surface area (Å²) in [5.74, 6) is 0.0563. The van der Waals surface area contributed by atoms with E-state index in [0.717, 1.165) is 11.6 Å². The molecule has 122 valence electrons. The van der Waals surface area contributed by atoms with Crippen molar-refractivity contribution in [3.05, 3.63) is 77.4 Å². The molecule has 2 aromatic rings. The standard InChI is InChI=1S/C17H15F3N2.ClH/c18-17(19,20)15-9-5-4-8-14(15)12-22-16(21)11-10-13-6-2-1-3-7-13;/h1-11H,12H2,(H2,21,22);1H/b11-10+;. The van der Waals surface area contributed by atoms with Gasteiger partial charge in [-0.15, -0.1) is 12.4 Å². The van der Waals surface area contributed by atoms with Crippen LogP contribution in [0.3, 0.4) is 0 Å². The number of amidine groups is 1. The van der Waals surface area contributed by atoms with Gasteiger partial charge in [0.25, 0.3) is 0 Å². The fourth-order valence-corrected chi connectivity index (χ4v) is 1.94. The Hall–Kier alpha value is -2.27. The number of benzene rings is 2. The van der Waals surface area contributed by atoms with E-state index in [0.29, 0.717) is 0 Å². The maximum absolute atomic E-state index is 12.8. The summed E-state index contributed by atoms with van der Waals surface area (Å²) in [6.45, 7) is -0.0480. The zero-order valence-corrected chi connectivity index (χ0v) is 12.9. The summed E-state index contributed by atoms with van der Waals surface area (Å²) in [6.07, 6.45) is -1.14. The lowest BCUT2D eigenvalue weighted by Crippen LogP contribution is -2.22. The summed E-state index contributed by atoms with van der Waals surface area (Å²) in [6, 6.07) is 14.7. The molecule has 0 unspecified atom stereocenters. The smallest absolute Gasteiger partial charge is 0.366 e. The van der Waals surface area contributed by atoms with Gasteiger partial charge in [0.15, 0.2) is 0 Å². The van der Waals surface area contributed by atoms with Crippen LogP contribution in [0.4, 0.5) is 13.2 Å². The molecule has 2 aromatic carbocycles. The number of hydrogen-bond donors (Lipinski definition) is 2. The van der Waals surface area contributed by atoms with Gasteiger partial charge in [-0.25, -0.2) is 0 Å². The molecule has 0 heterocycles. The predicted octanol–water partition coefficient (Wildman–Crippen LogP) is 4.91. The maximum Gasteiger partial charge on any atom is 0.416 e. The van der Waals surface area contributed by atoms with Crippen LogP contribution in [0, 0.1) is 5.41 Å². The van der Waals surface area contributed by atoms with Gasteiger partial charge >= 0.3 is 6.18 Å². The molecular formula is C17H16ClF3N2. The van der Waals surface area contributed by atoms with Crippen molar-refractivity contribution >= 4 is 24.3 Å². The highest BCUT2D eigenvalue weighted by molar-refractivity contribution is 5.93. The largest absolute Gasteiger partial charge is 0.416 e. The first-order valence-electron chi connectivity index (χ1n) is 6.67. The maximum atomic E-state index is 12.8. The van der Waals surface area contributed by atoms with Gasteiger partial charge < -0.3 is 5.32 Å². The molecule has 6 heteroatoms. The summed E-state index contributed by atoms with van der Waals surface area (Å²) in [5, 5.41) is 10.4. The molecule has 2 rings (SSSR count). The second-order valence-electron chi connectivity index (χ2n) is 4.67. The van der Waals surface area contributed by atoms with E-state index in [1.807, 2.05) is 30.3 Å². The number of nitrogens with one attached hydrogen (secondary N) is 2. The van der Waals surface area contributed by atoms with E-state index in [4.69, 9.17) is 5.41 Å². The van der Waals surface area contributed by atoms with Crippen molar-refractivity contribution in [1.82, 2.24) is 5.32 Å². The van der Waals surface area contributed by atoms with E-state index >= 15 is 0 Å². The second kappa shape index (κ2) is 8.39. The molecule has 0 aromatic heterocycles. The quantitative estimate of drug-likeness (QED) is 0.602. The molecule has 0 aliphatic heterocycles. The molecule has 0 aliphatic rings. The molecule has 2 N–H and O–H groups in total. The molecule has 2 nitrogen and oxygen atoms in total. The molecule has 0 amide bonds. The zero-order chi connectivity index (χ0) is 16.0. The van der Waals surface area contributed by atoms with Crippen molar-refractivity contribution in [2.24, 2.45) is 0 Å². The minimum absolute atomic E-state index is 0. The molecule has 0 radical (unpaired) electrons. The van der Waals surface area contributed by atoms with Crippen molar-refractivity contribution in [3.8, 4) is 0 Å². The van der Waals surface area contributed by atoms with Gasteiger partial charge in [0.1, 0.15) is 5.84 Å². The SMILES string of the molecule is Cl.N=C(/C=C/c1ccccc1)NCc1ccccc1C(F)(F)F. The van der Waals surface area contributed by atoms with Crippen LogP contribution in [0.5, 0.6) is 0 Å². The normalized spacial score (nSPS) is 11.1. The van der Waals surface area contributed by atoms with Crippen LogP contribution < -0.4 is 5.32 Å². The average molecular weight is 341 g/mol. The van der Waals surface area contributed by atoms with Crippen molar-refractivity contribution in [3.63, 3.8) is 0 Å². The van der Waals surface area contributed by atoms with Crippen LogP contribution in [0.2, 0.25) is 0 Å². The van der Waals surface area contributed by atoms with Crippen LogP contribution in [0.25, 0.3) is 6.08 Å². The average Bonchev–Trinajstić information content (AvgIpc) is 2.51. The zero-order valence-electron chi connectivity index (χ0n) is 12.1. The summed E-state index contributed by atoms with van der Waals surface area (Å²) in [4.78, 5) is 0. The van der Waals surface area contributed by atoms with Crippen molar-refractivity contribution < 1.29 is 13.2 Å². The van der Waals surface area contributed by atoms with Gasteiger partial charge in [-0.3, -0.25) is 5.41 Å². The first-order valence-corrected chi connectivity index (χ1v) is 6.67. The molecule has 23 heavy (non-hydrogen) atoms. The van der Waals surface area contributed by atoms with Crippen LogP contribution in [-0.2, 0) is 12.7 Å². The lowest BCUT2D eigenvalue weighted by Gasteiger charge is -2.13.